The second kappa shape index (κ2) is 5.07. The van der Waals surface area contributed by atoms with E-state index < -0.39 is 0 Å². The van der Waals surface area contributed by atoms with Gasteiger partial charge in [0.25, 0.3) is 5.56 Å². The van der Waals surface area contributed by atoms with E-state index in [9.17, 15) is 4.79 Å². The van der Waals surface area contributed by atoms with Crippen LogP contribution in [0, 0.1) is 11.7 Å². The molecular weight excluding hydrogens is 334 g/mol. The maximum atomic E-state index is 12.5. The van der Waals surface area contributed by atoms with Crippen molar-refractivity contribution in [2.45, 2.75) is 12.8 Å². The van der Waals surface area contributed by atoms with E-state index in [1.807, 2.05) is 31.2 Å². The first-order chi connectivity index (χ1) is 11.0. The Bertz CT molecular complexity index is 1020. The molecule has 0 saturated carbocycles. The summed E-state index contributed by atoms with van der Waals surface area (Å²) in [7, 11) is 0. The lowest BCUT2D eigenvalue weighted by Gasteiger charge is -2.25. The van der Waals surface area contributed by atoms with Crippen molar-refractivity contribution in [2.75, 3.05) is 5.32 Å². The first-order valence-corrected chi connectivity index (χ1v) is 7.77. The third-order valence-electron chi connectivity index (χ3n) is 4.00. The second-order valence-electron chi connectivity index (χ2n) is 5.42. The largest absolute Gasteiger partial charge is 0.324 e. The maximum Gasteiger partial charge on any atom is 0.257 e. The molecule has 3 aromatic rings. The average Bonchev–Trinajstić information content (AvgIpc) is 2.87. The van der Waals surface area contributed by atoms with Crippen LogP contribution in [0.25, 0.3) is 0 Å². The Balaban J connectivity index is 2.04. The van der Waals surface area contributed by atoms with Crippen LogP contribution in [0.2, 0.25) is 5.02 Å². The third kappa shape index (κ3) is 2.20. The van der Waals surface area contributed by atoms with Crippen LogP contribution >= 0.6 is 23.8 Å². The van der Waals surface area contributed by atoms with Crippen LogP contribution in [0.3, 0.4) is 0 Å². The molecule has 3 heterocycles. The molecule has 23 heavy (non-hydrogen) atoms. The zero-order chi connectivity index (χ0) is 16.1. The molecule has 4 N–H and O–H groups in total. The minimum Gasteiger partial charge on any atom is -0.324 e. The number of aromatic amines is 3. The number of nitrogens with zero attached hydrogens (tertiary/aromatic N) is 1. The normalized spacial score (nSPS) is 15.7. The number of aryl methyl sites for hydroxylation is 1. The summed E-state index contributed by atoms with van der Waals surface area (Å²) in [6.45, 7) is 1.93. The Hall–Kier alpha value is -2.38. The van der Waals surface area contributed by atoms with Gasteiger partial charge in [-0.05, 0) is 36.8 Å². The molecule has 1 aliphatic heterocycles. The van der Waals surface area contributed by atoms with Crippen LogP contribution in [0.5, 0.6) is 0 Å². The van der Waals surface area contributed by atoms with Gasteiger partial charge in [0.2, 0.25) is 0 Å². The van der Waals surface area contributed by atoms with Gasteiger partial charge in [0, 0.05) is 22.2 Å². The van der Waals surface area contributed by atoms with Crippen molar-refractivity contribution in [1.82, 2.24) is 20.2 Å². The van der Waals surface area contributed by atoms with Crippen molar-refractivity contribution < 1.29 is 0 Å². The number of hydrogen-bond donors (Lipinski definition) is 4. The van der Waals surface area contributed by atoms with Crippen LogP contribution in [-0.4, -0.2) is 20.2 Å². The van der Waals surface area contributed by atoms with Gasteiger partial charge in [0.05, 0.1) is 5.56 Å². The summed E-state index contributed by atoms with van der Waals surface area (Å²) >= 11 is 11.1. The highest BCUT2D eigenvalue weighted by molar-refractivity contribution is 7.71. The Morgan fingerprint density at radius 2 is 1.91 bits per heavy atom. The number of H-pyrrole nitrogens is 3. The fraction of sp³-hybridized carbons (Fsp3) is 0.133. The van der Waals surface area contributed by atoms with E-state index >= 15 is 0 Å². The number of hydrogen-bond acceptors (Lipinski definition) is 4. The summed E-state index contributed by atoms with van der Waals surface area (Å²) in [5.41, 5.74) is 3.16. The van der Waals surface area contributed by atoms with Gasteiger partial charge in [-0.3, -0.25) is 14.9 Å². The Kier molecular flexibility index (Phi) is 3.14. The van der Waals surface area contributed by atoms with Crippen LogP contribution in [-0.2, 0) is 0 Å². The van der Waals surface area contributed by atoms with Crippen molar-refractivity contribution in [3.05, 3.63) is 66.8 Å². The van der Waals surface area contributed by atoms with Crippen molar-refractivity contribution >= 4 is 35.5 Å². The SMILES string of the molecule is Cc1[nH]nc2c1C(c1ccc(Cl)cc1)c1c([nH]c(=S)[nH]c1=O)N2. The summed E-state index contributed by atoms with van der Waals surface area (Å²) in [5.74, 6) is 0.997. The standard InChI is InChI=1S/C15H12ClN5OS/c1-6-9-10(7-2-4-8(16)5-3-7)11-12(17-13(9)21-20-6)18-15(23)19-14(11)22/h2-5,10H,1H3,(H4,17,18,19,20,21,22,23). The first kappa shape index (κ1) is 14.2. The molecule has 2 aromatic heterocycles. The predicted molar refractivity (Wildman–Crippen MR) is 91.3 cm³/mol. The summed E-state index contributed by atoms with van der Waals surface area (Å²) in [4.78, 5) is 18.2. The van der Waals surface area contributed by atoms with E-state index in [0.717, 1.165) is 16.8 Å². The highest BCUT2D eigenvalue weighted by Crippen LogP contribution is 2.42. The van der Waals surface area contributed by atoms with Crippen LogP contribution in [0.4, 0.5) is 11.6 Å². The van der Waals surface area contributed by atoms with E-state index in [1.54, 1.807) is 0 Å². The zero-order valence-corrected chi connectivity index (χ0v) is 13.6. The van der Waals surface area contributed by atoms with E-state index in [4.69, 9.17) is 23.8 Å². The Morgan fingerprint density at radius 1 is 1.17 bits per heavy atom. The molecule has 0 spiro atoms. The smallest absolute Gasteiger partial charge is 0.257 e. The van der Waals surface area contributed by atoms with Crippen LogP contribution in [0.1, 0.15) is 28.3 Å². The van der Waals surface area contributed by atoms with Crippen molar-refractivity contribution in [3.8, 4) is 0 Å². The summed E-state index contributed by atoms with van der Waals surface area (Å²) in [6.07, 6.45) is 0. The van der Waals surface area contributed by atoms with E-state index in [1.165, 1.54) is 0 Å². The number of nitrogens with one attached hydrogen (secondary N) is 4. The molecule has 6 nitrogen and oxygen atoms in total. The molecule has 0 fully saturated rings. The fourth-order valence-corrected chi connectivity index (χ4v) is 3.33. The van der Waals surface area contributed by atoms with E-state index in [0.29, 0.717) is 22.2 Å². The van der Waals surface area contributed by atoms with Gasteiger partial charge in [-0.15, -0.1) is 0 Å². The van der Waals surface area contributed by atoms with Crippen molar-refractivity contribution in [3.63, 3.8) is 0 Å². The number of halogens is 1. The minimum absolute atomic E-state index is 0.220. The number of rotatable bonds is 1. The molecular formula is C15H12ClN5OS. The summed E-state index contributed by atoms with van der Waals surface area (Å²) in [5, 5.41) is 11.0. The average molecular weight is 346 g/mol. The maximum absolute atomic E-state index is 12.5. The fourth-order valence-electron chi connectivity index (χ4n) is 3.01. The highest BCUT2D eigenvalue weighted by atomic mass is 35.5. The lowest BCUT2D eigenvalue weighted by molar-refractivity contribution is 0.892. The highest BCUT2D eigenvalue weighted by Gasteiger charge is 2.33. The van der Waals surface area contributed by atoms with Crippen LogP contribution < -0.4 is 10.9 Å². The van der Waals surface area contributed by atoms with Gasteiger partial charge in [-0.2, -0.15) is 5.10 Å². The minimum atomic E-state index is -0.257. The quantitative estimate of drug-likeness (QED) is 0.398. The molecule has 116 valence electrons. The monoisotopic (exact) mass is 345 g/mol. The Morgan fingerprint density at radius 3 is 2.65 bits per heavy atom. The molecule has 1 aromatic carbocycles. The van der Waals surface area contributed by atoms with Gasteiger partial charge in [0.15, 0.2) is 10.6 Å². The topological polar surface area (TPSA) is 89.4 Å². The molecule has 1 atom stereocenters. The molecule has 0 amide bonds. The molecule has 8 heteroatoms. The number of aromatic nitrogens is 4. The lowest BCUT2D eigenvalue weighted by atomic mass is 9.83. The summed E-state index contributed by atoms with van der Waals surface area (Å²) in [6, 6.07) is 7.46. The zero-order valence-electron chi connectivity index (χ0n) is 12.0. The third-order valence-corrected chi connectivity index (χ3v) is 4.45. The van der Waals surface area contributed by atoms with Gasteiger partial charge >= 0.3 is 0 Å². The lowest BCUT2D eigenvalue weighted by Crippen LogP contribution is -2.25. The molecule has 0 bridgehead atoms. The summed E-state index contributed by atoms with van der Waals surface area (Å²) < 4.78 is 0.270. The number of anilines is 2. The Labute approximate surface area is 140 Å². The second-order valence-corrected chi connectivity index (χ2v) is 6.26. The van der Waals surface area contributed by atoms with Crippen molar-refractivity contribution in [2.24, 2.45) is 0 Å². The van der Waals surface area contributed by atoms with Gasteiger partial charge < -0.3 is 10.3 Å². The van der Waals surface area contributed by atoms with Gasteiger partial charge in [0.1, 0.15) is 5.82 Å². The van der Waals surface area contributed by atoms with Gasteiger partial charge in [-0.1, -0.05) is 23.7 Å². The molecule has 0 radical (unpaired) electrons. The molecule has 1 aliphatic rings. The molecule has 1 unspecified atom stereocenters. The number of benzene rings is 1. The van der Waals surface area contributed by atoms with E-state index in [2.05, 4.69) is 25.5 Å². The predicted octanol–water partition coefficient (Wildman–Crippen LogP) is 3.35. The van der Waals surface area contributed by atoms with E-state index in [-0.39, 0.29) is 16.2 Å². The molecule has 0 saturated heterocycles. The first-order valence-electron chi connectivity index (χ1n) is 6.98. The van der Waals surface area contributed by atoms with Crippen molar-refractivity contribution in [1.29, 1.82) is 0 Å². The van der Waals surface area contributed by atoms with Crippen LogP contribution in [0.15, 0.2) is 29.1 Å². The molecule has 4 rings (SSSR count). The number of fused-ring (bicyclic) bond motifs is 2. The van der Waals surface area contributed by atoms with Gasteiger partial charge in [-0.25, -0.2) is 0 Å². The molecule has 0 aliphatic carbocycles.